The molecule has 1 fully saturated rings. The Bertz CT molecular complexity index is 2070. The number of aromatic nitrogens is 4. The highest BCUT2D eigenvalue weighted by Gasteiger charge is 2.63. The van der Waals surface area contributed by atoms with Crippen LogP contribution in [0.25, 0.3) is 0 Å². The van der Waals surface area contributed by atoms with E-state index in [1.54, 1.807) is 6.07 Å². The minimum Gasteiger partial charge on any atom is -0.453 e. The van der Waals surface area contributed by atoms with Gasteiger partial charge in [-0.2, -0.15) is 13.8 Å². The van der Waals surface area contributed by atoms with Gasteiger partial charge in [-0.15, -0.1) is 0 Å². The minimum absolute atomic E-state index is 0.157. The molecule has 57 heavy (non-hydrogen) atoms. The predicted octanol–water partition coefficient (Wildman–Crippen LogP) is 4.56. The first-order chi connectivity index (χ1) is 26.2. The average molecular weight is 859 g/mol. The fraction of sp³-hybridized carbons (Fsp3) is 0.600. The molecule has 0 unspecified atom stereocenters. The molecule has 2 aromatic heterocycles. The molecule has 4 rings (SSSR count). The fourth-order valence-corrected chi connectivity index (χ4v) is 8.62. The van der Waals surface area contributed by atoms with Crippen LogP contribution in [0.15, 0.2) is 61.9 Å². The second-order valence-electron chi connectivity index (χ2n) is 16.7. The predicted molar refractivity (Wildman–Crippen MR) is 206 cm³/mol. The monoisotopic (exact) mass is 858 g/mol. The van der Waals surface area contributed by atoms with Gasteiger partial charge in [0, 0.05) is 19.0 Å². The second kappa shape index (κ2) is 17.0. The van der Waals surface area contributed by atoms with Crippen molar-refractivity contribution >= 4 is 44.1 Å². The third-order valence-electron chi connectivity index (χ3n) is 10.4. The Morgan fingerprint density at radius 3 is 2.21 bits per heavy atom. The van der Waals surface area contributed by atoms with Crippen LogP contribution in [0.4, 0.5) is 14.6 Å². The number of ether oxygens (including phenoxy) is 2. The standard InChI is InChI=1S/C35H52F2N6O11SSi2/c1-33(2,3)56(7,8)51-22-24-28(53-57(9,10)34(4,5)6)35(36,37)31(52-24)42-20-18-25(40-32(42)46)39-27(45)17-16-26(44)38-19-21-50-29-30(43(47)54-41-29)55(48,49)23-14-12-11-13-15-23/h11-15,18,20,24,28,31H,16-17,19,21-22H2,1-10H3,(H,38,44)(H,39,40,45,46)/t24-,28-,31-/m1/s1. The maximum Gasteiger partial charge on any atom is 0.415 e. The maximum absolute atomic E-state index is 16.4. The van der Waals surface area contributed by atoms with Crippen molar-refractivity contribution in [2.24, 2.45) is 0 Å². The van der Waals surface area contributed by atoms with Crippen LogP contribution < -0.4 is 26.0 Å². The fourth-order valence-electron chi connectivity index (χ4n) is 5.01. The van der Waals surface area contributed by atoms with Crippen LogP contribution in [0.3, 0.4) is 0 Å². The number of sulfone groups is 1. The summed E-state index contributed by atoms with van der Waals surface area (Å²) < 4.78 is 87.2. The summed E-state index contributed by atoms with van der Waals surface area (Å²) in [4.78, 5) is 41.4. The van der Waals surface area contributed by atoms with Crippen LogP contribution in [-0.2, 0) is 33.0 Å². The molecule has 0 radical (unpaired) electrons. The SMILES string of the molecule is CC(C)(C)[Si](C)(C)OC[C@H]1O[C@@H](n2ccc(NC(=O)CCC(=O)NCCOc3no[n+]([O-])c3S(=O)(=O)c3ccccc3)nc2=O)C(F)(F)[C@@H]1O[Si](C)(C)C(C)(C)C. The van der Waals surface area contributed by atoms with Gasteiger partial charge in [-0.3, -0.25) is 18.8 Å². The van der Waals surface area contributed by atoms with Crippen molar-refractivity contribution in [3.8, 4) is 5.88 Å². The van der Waals surface area contributed by atoms with E-state index < -0.39 is 84.3 Å². The van der Waals surface area contributed by atoms with Crippen molar-refractivity contribution < 1.29 is 54.6 Å². The quantitative estimate of drug-likeness (QED) is 0.115. The maximum atomic E-state index is 16.4. The molecule has 1 saturated heterocycles. The van der Waals surface area contributed by atoms with E-state index >= 15 is 8.78 Å². The number of nitrogens with zero attached hydrogens (tertiary/aromatic N) is 4. The van der Waals surface area contributed by atoms with Crippen LogP contribution in [0.5, 0.6) is 5.88 Å². The van der Waals surface area contributed by atoms with Crippen molar-refractivity contribution in [2.45, 2.75) is 125 Å². The smallest absolute Gasteiger partial charge is 0.415 e. The van der Waals surface area contributed by atoms with Crippen LogP contribution >= 0.6 is 0 Å². The van der Waals surface area contributed by atoms with Gasteiger partial charge in [0.25, 0.3) is 9.84 Å². The summed E-state index contributed by atoms with van der Waals surface area (Å²) in [5.41, 5.74) is -1.11. The molecule has 17 nitrogen and oxygen atoms in total. The summed E-state index contributed by atoms with van der Waals surface area (Å²) in [7, 11) is -9.49. The van der Waals surface area contributed by atoms with Gasteiger partial charge in [-0.05, 0) is 59.4 Å². The Kier molecular flexibility index (Phi) is 13.6. The van der Waals surface area contributed by atoms with Crippen molar-refractivity contribution in [3.63, 3.8) is 0 Å². The molecule has 3 heterocycles. The first kappa shape index (κ1) is 45.6. The highest BCUT2D eigenvalue weighted by molar-refractivity contribution is 7.91. The highest BCUT2D eigenvalue weighted by atomic mass is 32.2. The summed E-state index contributed by atoms with van der Waals surface area (Å²) in [5.74, 6) is -5.78. The molecule has 22 heteroatoms. The molecular weight excluding hydrogens is 807 g/mol. The molecule has 3 atom stereocenters. The third kappa shape index (κ3) is 10.5. The zero-order chi connectivity index (χ0) is 42.8. The molecule has 0 aliphatic carbocycles. The first-order valence-electron chi connectivity index (χ1n) is 18.2. The number of carbonyl (C=O) groups is 2. The number of hydrogen-bond donors (Lipinski definition) is 2. The summed E-state index contributed by atoms with van der Waals surface area (Å²) in [5, 5.41) is 18.8. The molecule has 3 aromatic rings. The van der Waals surface area contributed by atoms with Gasteiger partial charge in [0.1, 0.15) is 24.6 Å². The van der Waals surface area contributed by atoms with E-state index in [1.165, 1.54) is 30.3 Å². The van der Waals surface area contributed by atoms with Crippen LogP contribution in [-0.4, -0.2) is 89.5 Å². The van der Waals surface area contributed by atoms with Gasteiger partial charge in [-0.25, -0.2) is 13.2 Å². The number of amides is 2. The number of anilines is 1. The Morgan fingerprint density at radius 2 is 1.61 bits per heavy atom. The largest absolute Gasteiger partial charge is 0.453 e. The van der Waals surface area contributed by atoms with E-state index in [0.717, 1.165) is 6.20 Å². The minimum atomic E-state index is -4.33. The van der Waals surface area contributed by atoms with Gasteiger partial charge >= 0.3 is 22.5 Å². The zero-order valence-corrected chi connectivity index (χ0v) is 36.6. The normalized spacial score (nSPS) is 19.0. The number of benzene rings is 1. The highest BCUT2D eigenvalue weighted by Crippen LogP contribution is 2.48. The molecule has 2 amide bonds. The van der Waals surface area contributed by atoms with Crippen molar-refractivity contribution in [1.29, 1.82) is 0 Å². The number of alkyl halides is 2. The van der Waals surface area contributed by atoms with E-state index in [0.29, 0.717) is 4.57 Å². The molecule has 316 valence electrons. The van der Waals surface area contributed by atoms with Gasteiger partial charge in [0.2, 0.25) is 18.0 Å². The third-order valence-corrected chi connectivity index (χ3v) is 21.1. The van der Waals surface area contributed by atoms with Crippen molar-refractivity contribution in [3.05, 3.63) is 58.3 Å². The molecule has 2 N–H and O–H groups in total. The van der Waals surface area contributed by atoms with E-state index in [1.807, 2.05) is 67.7 Å². The summed E-state index contributed by atoms with van der Waals surface area (Å²) in [6, 6.07) is 8.26. The Labute approximate surface area is 332 Å². The number of hydrogen-bond acceptors (Lipinski definition) is 13. The summed E-state index contributed by atoms with van der Waals surface area (Å²) >= 11 is 0. The lowest BCUT2D eigenvalue weighted by molar-refractivity contribution is -0.832. The topological polar surface area (TPSA) is 217 Å². The molecule has 1 aliphatic heterocycles. The van der Waals surface area contributed by atoms with Crippen molar-refractivity contribution in [1.82, 2.24) is 20.0 Å². The number of halogens is 2. The van der Waals surface area contributed by atoms with Gasteiger partial charge in [0.15, 0.2) is 16.6 Å². The van der Waals surface area contributed by atoms with Gasteiger partial charge in [0.05, 0.1) is 23.2 Å². The molecule has 0 bridgehead atoms. The van der Waals surface area contributed by atoms with E-state index in [4.69, 9.17) is 18.3 Å². The first-order valence-corrected chi connectivity index (χ1v) is 25.5. The molecule has 1 aliphatic rings. The van der Waals surface area contributed by atoms with Crippen LogP contribution in [0.1, 0.15) is 60.6 Å². The number of rotatable bonds is 16. The number of carbonyl (C=O) groups excluding carboxylic acids is 2. The lowest BCUT2D eigenvalue weighted by Crippen LogP contribution is -2.53. The molecule has 1 aromatic carbocycles. The van der Waals surface area contributed by atoms with Crippen LogP contribution in [0, 0.1) is 5.21 Å². The number of nitrogens with one attached hydrogen (secondary N) is 2. The molecule has 0 spiro atoms. The molecular formula is C35H52F2N6O11SSi2. The Hall–Kier alpha value is -4.10. The zero-order valence-electron chi connectivity index (χ0n) is 33.8. The lowest BCUT2D eigenvalue weighted by atomic mass is 10.1. The van der Waals surface area contributed by atoms with E-state index in [9.17, 15) is 28.0 Å². The second-order valence-corrected chi connectivity index (χ2v) is 28.1. The molecule has 0 saturated carbocycles. The van der Waals surface area contributed by atoms with Crippen LogP contribution in [0.2, 0.25) is 36.3 Å². The van der Waals surface area contributed by atoms with Gasteiger partial charge in [-0.1, -0.05) is 59.7 Å². The Balaban J connectivity index is 1.34. The van der Waals surface area contributed by atoms with Gasteiger partial charge < -0.3 is 34.2 Å². The summed E-state index contributed by atoms with van der Waals surface area (Å²) in [6.45, 7) is 19.0. The Morgan fingerprint density at radius 1 is 1.00 bits per heavy atom. The summed E-state index contributed by atoms with van der Waals surface area (Å²) in [6.07, 6.45) is -4.58. The average Bonchev–Trinajstić information content (AvgIpc) is 3.59. The van der Waals surface area contributed by atoms with Crippen molar-refractivity contribution in [2.75, 3.05) is 25.1 Å². The van der Waals surface area contributed by atoms with E-state index in [-0.39, 0.29) is 53.3 Å². The lowest BCUT2D eigenvalue weighted by Gasteiger charge is -2.41. The van der Waals surface area contributed by atoms with E-state index in [2.05, 4.69) is 25.4 Å².